The second kappa shape index (κ2) is 8.39. The average Bonchev–Trinajstić information content (AvgIpc) is 3.62. The molecule has 0 radical (unpaired) electrons. The maximum Gasteiger partial charge on any atom is 0.227 e. The van der Waals surface area contributed by atoms with Gasteiger partial charge in [0.1, 0.15) is 10.4 Å². The van der Waals surface area contributed by atoms with Crippen molar-refractivity contribution in [3.8, 4) is 10.7 Å². The molecule has 11 heteroatoms. The van der Waals surface area contributed by atoms with E-state index in [1.165, 1.54) is 24.2 Å². The third-order valence-electron chi connectivity index (χ3n) is 7.14. The number of allylic oxidation sites excluding steroid dienone is 1. The Kier molecular flexibility index (Phi) is 5.46. The van der Waals surface area contributed by atoms with Crippen LogP contribution in [0.4, 0.5) is 10.8 Å². The number of imidazole rings is 1. The minimum absolute atomic E-state index is 0.0477. The van der Waals surface area contributed by atoms with Crippen molar-refractivity contribution in [3.05, 3.63) is 28.5 Å². The van der Waals surface area contributed by atoms with Crippen molar-refractivity contribution in [2.45, 2.75) is 25.3 Å². The number of hydrogen-bond acceptors (Lipinski definition) is 7. The minimum atomic E-state index is -0.134. The summed E-state index contributed by atoms with van der Waals surface area (Å²) in [7, 11) is 3.62. The summed E-state index contributed by atoms with van der Waals surface area (Å²) in [5.41, 5.74) is 1.97. The molecule has 0 spiro atoms. The average molecular weight is 518 g/mol. The van der Waals surface area contributed by atoms with E-state index >= 15 is 0 Å². The largest absolute Gasteiger partial charge is 0.378 e. The normalized spacial score (nSPS) is 25.6. The highest BCUT2D eigenvalue weighted by Crippen LogP contribution is 2.47. The summed E-state index contributed by atoms with van der Waals surface area (Å²) in [6, 6.07) is -0.0477. The van der Waals surface area contributed by atoms with Crippen LogP contribution in [-0.2, 0) is 4.79 Å². The summed E-state index contributed by atoms with van der Waals surface area (Å²) in [6.07, 6.45) is 9.30. The van der Waals surface area contributed by atoms with Gasteiger partial charge in [-0.3, -0.25) is 4.79 Å². The van der Waals surface area contributed by atoms with Gasteiger partial charge < -0.3 is 20.1 Å². The number of nitrogens with zero attached hydrogens (tertiary/aromatic N) is 5. The van der Waals surface area contributed by atoms with Gasteiger partial charge in [-0.2, -0.15) is 0 Å². The number of halogens is 2. The van der Waals surface area contributed by atoms with E-state index in [0.29, 0.717) is 32.9 Å². The third-order valence-corrected chi connectivity index (χ3v) is 8.93. The van der Waals surface area contributed by atoms with Crippen molar-refractivity contribution < 1.29 is 4.79 Å². The molecule has 3 aromatic rings. The van der Waals surface area contributed by atoms with Crippen LogP contribution in [0.2, 0.25) is 10.2 Å². The third kappa shape index (κ3) is 3.56. The van der Waals surface area contributed by atoms with Gasteiger partial charge in [-0.1, -0.05) is 46.7 Å². The Morgan fingerprint density at radius 2 is 1.97 bits per heavy atom. The number of carbonyl (C=O) groups is 1. The van der Waals surface area contributed by atoms with E-state index < -0.39 is 0 Å². The van der Waals surface area contributed by atoms with Gasteiger partial charge in [-0.25, -0.2) is 15.0 Å². The number of hydrogen-bond donors (Lipinski definition) is 2. The summed E-state index contributed by atoms with van der Waals surface area (Å²) >= 11 is 14.7. The smallest absolute Gasteiger partial charge is 0.227 e. The lowest BCUT2D eigenvalue weighted by atomic mass is 9.87. The summed E-state index contributed by atoms with van der Waals surface area (Å²) in [5, 5.41) is 5.44. The van der Waals surface area contributed by atoms with Gasteiger partial charge in [0.25, 0.3) is 0 Å². The number of nitrogens with one attached hydrogen (secondary N) is 2. The van der Waals surface area contributed by atoms with Gasteiger partial charge in [0.05, 0.1) is 22.8 Å². The molecule has 6 rings (SSSR count). The second-order valence-corrected chi connectivity index (χ2v) is 11.2. The highest BCUT2D eigenvalue weighted by Gasteiger charge is 2.49. The van der Waals surface area contributed by atoms with Crippen molar-refractivity contribution in [2.24, 2.45) is 17.8 Å². The fourth-order valence-corrected chi connectivity index (χ4v) is 6.97. The molecule has 3 aliphatic rings. The van der Waals surface area contributed by atoms with Gasteiger partial charge >= 0.3 is 0 Å². The Labute approximate surface area is 211 Å². The van der Waals surface area contributed by atoms with Gasteiger partial charge in [0.2, 0.25) is 5.91 Å². The molecule has 2 fully saturated rings. The first kappa shape index (κ1) is 22.1. The van der Waals surface area contributed by atoms with Crippen molar-refractivity contribution in [1.82, 2.24) is 24.8 Å². The van der Waals surface area contributed by atoms with Gasteiger partial charge in [-0.05, 0) is 31.1 Å². The van der Waals surface area contributed by atoms with Crippen LogP contribution in [0.3, 0.4) is 0 Å². The van der Waals surface area contributed by atoms with Crippen LogP contribution < -0.4 is 10.2 Å². The van der Waals surface area contributed by atoms with E-state index in [-0.39, 0.29) is 29.7 Å². The summed E-state index contributed by atoms with van der Waals surface area (Å²) in [4.78, 5) is 34.8. The molecule has 3 aromatic heterocycles. The first-order valence-electron chi connectivity index (χ1n) is 11.5. The van der Waals surface area contributed by atoms with Crippen LogP contribution in [0.5, 0.6) is 0 Å². The molecule has 2 bridgehead atoms. The number of fused-ring (bicyclic) bond motifs is 3. The quantitative estimate of drug-likeness (QED) is 0.477. The van der Waals surface area contributed by atoms with Crippen molar-refractivity contribution in [1.29, 1.82) is 0 Å². The van der Waals surface area contributed by atoms with Crippen molar-refractivity contribution in [3.63, 3.8) is 0 Å². The Morgan fingerprint density at radius 3 is 2.74 bits per heavy atom. The lowest BCUT2D eigenvalue weighted by Crippen LogP contribution is -2.43. The molecule has 1 aliphatic heterocycles. The fraction of sp³-hybridized carbons (Fsp3) is 0.478. The summed E-state index contributed by atoms with van der Waals surface area (Å²) in [5.74, 6) is 1.14. The van der Waals surface area contributed by atoms with Crippen LogP contribution in [0.15, 0.2) is 18.3 Å². The highest BCUT2D eigenvalue weighted by molar-refractivity contribution is 7.19. The highest BCUT2D eigenvalue weighted by atomic mass is 35.5. The van der Waals surface area contributed by atoms with Crippen LogP contribution in [0.1, 0.15) is 19.3 Å². The Balaban J connectivity index is 1.36. The standard InChI is InChI=1S/C23H25Cl2N7OS/c1-31(2)22(33)14-11-5-6-12(9-11)15(14)27-16-13(24)10-26-20-17(16)28-21(30-20)18-19(25)29-23(34-18)32-7-3-4-8-32/h5-6,10-12,14-15H,3-4,7-9H2,1-2H3,(H2,26,27,28,30)/t11-,12+,14+,15-/m1/s1. The zero-order valence-electron chi connectivity index (χ0n) is 18.9. The number of amides is 1. The number of rotatable bonds is 5. The zero-order valence-corrected chi connectivity index (χ0v) is 21.2. The number of pyridine rings is 1. The van der Waals surface area contributed by atoms with E-state index in [2.05, 4.69) is 37.3 Å². The number of carbonyl (C=O) groups excluding carboxylic acids is 1. The molecule has 1 saturated heterocycles. The number of aromatic nitrogens is 4. The van der Waals surface area contributed by atoms with Crippen LogP contribution in [0, 0.1) is 17.8 Å². The first-order valence-corrected chi connectivity index (χ1v) is 13.1. The maximum atomic E-state index is 13.0. The van der Waals surface area contributed by atoms with Gasteiger partial charge in [0, 0.05) is 33.2 Å². The molecule has 1 saturated carbocycles. The van der Waals surface area contributed by atoms with Crippen LogP contribution in [-0.4, -0.2) is 64.0 Å². The van der Waals surface area contributed by atoms with Crippen molar-refractivity contribution >= 4 is 62.4 Å². The topological polar surface area (TPSA) is 90.0 Å². The molecule has 4 heterocycles. The first-order chi connectivity index (χ1) is 16.4. The van der Waals surface area contributed by atoms with Crippen LogP contribution >= 0.6 is 34.5 Å². The Morgan fingerprint density at radius 1 is 1.21 bits per heavy atom. The van der Waals surface area contributed by atoms with E-state index in [0.717, 1.165) is 29.5 Å². The van der Waals surface area contributed by atoms with E-state index in [1.807, 2.05) is 14.1 Å². The molecule has 0 unspecified atom stereocenters. The summed E-state index contributed by atoms with van der Waals surface area (Å²) in [6.45, 7) is 2.00. The fourth-order valence-electron chi connectivity index (χ4n) is 5.48. The second-order valence-electron chi connectivity index (χ2n) is 9.45. The van der Waals surface area contributed by atoms with E-state index in [9.17, 15) is 4.79 Å². The van der Waals surface area contributed by atoms with Crippen LogP contribution in [0.25, 0.3) is 21.9 Å². The number of H-pyrrole nitrogens is 1. The monoisotopic (exact) mass is 517 g/mol. The zero-order chi connectivity index (χ0) is 23.6. The van der Waals surface area contributed by atoms with E-state index in [1.54, 1.807) is 11.1 Å². The van der Waals surface area contributed by atoms with E-state index in [4.69, 9.17) is 28.2 Å². The summed E-state index contributed by atoms with van der Waals surface area (Å²) < 4.78 is 0. The predicted molar refractivity (Wildman–Crippen MR) is 137 cm³/mol. The predicted octanol–water partition coefficient (Wildman–Crippen LogP) is 4.68. The molecule has 4 atom stereocenters. The SMILES string of the molecule is CN(C)C(=O)[C@@H]1[C@H](Nc2c(Cl)cnc3nc(-c4sc(N5CCCC5)nc4Cl)[nH]c23)[C@H]2C=C[C@@H]1C2. The Hall–Kier alpha value is -2.36. The molecular weight excluding hydrogens is 493 g/mol. The van der Waals surface area contributed by atoms with Gasteiger partial charge in [-0.15, -0.1) is 0 Å². The molecule has 8 nitrogen and oxygen atoms in total. The number of thiazole rings is 1. The number of aromatic amines is 1. The lowest BCUT2D eigenvalue weighted by molar-refractivity contribution is -0.133. The molecule has 2 aliphatic carbocycles. The lowest BCUT2D eigenvalue weighted by Gasteiger charge is -2.31. The molecule has 178 valence electrons. The maximum absolute atomic E-state index is 13.0. The van der Waals surface area contributed by atoms with Gasteiger partial charge in [0.15, 0.2) is 21.8 Å². The molecular formula is C23H25Cl2N7OS. The number of anilines is 2. The minimum Gasteiger partial charge on any atom is -0.378 e. The molecule has 0 aromatic carbocycles. The Bertz CT molecular complexity index is 1300. The molecule has 2 N–H and O–H groups in total. The molecule has 1 amide bonds. The van der Waals surface area contributed by atoms with Crippen molar-refractivity contribution in [2.75, 3.05) is 37.4 Å². The molecule has 34 heavy (non-hydrogen) atoms.